The number of rotatable bonds is 7. The first-order chi connectivity index (χ1) is 16.7. The molecular weight excluding hydrogens is 446 g/mol. The minimum atomic E-state index is -0.207. The smallest absolute Gasteiger partial charge is 0.264 e. The number of methoxy groups -OCH3 is 1. The molecular formula is C27H21N3O3S. The highest BCUT2D eigenvalue weighted by molar-refractivity contribution is 7.22. The molecule has 0 aliphatic carbocycles. The Labute approximate surface area is 201 Å². The summed E-state index contributed by atoms with van der Waals surface area (Å²) in [5.74, 6) is 1.68. The molecule has 6 nitrogen and oxygen atoms in total. The Bertz CT molecular complexity index is 1420. The number of anilines is 1. The van der Waals surface area contributed by atoms with Gasteiger partial charge in [-0.05, 0) is 54.1 Å². The van der Waals surface area contributed by atoms with Gasteiger partial charge in [-0.15, -0.1) is 0 Å². The summed E-state index contributed by atoms with van der Waals surface area (Å²) >= 11 is 1.44. The number of hydrogen-bond acceptors (Lipinski definition) is 6. The molecule has 0 bridgehead atoms. The molecule has 0 radical (unpaired) electrons. The minimum Gasteiger partial charge on any atom is -0.497 e. The number of thiazole rings is 1. The molecule has 2 aromatic heterocycles. The van der Waals surface area contributed by atoms with Crippen LogP contribution in [0.2, 0.25) is 0 Å². The summed E-state index contributed by atoms with van der Waals surface area (Å²) in [5.41, 5.74) is 2.15. The molecule has 0 fully saturated rings. The largest absolute Gasteiger partial charge is 0.497 e. The Balaban J connectivity index is 1.55. The van der Waals surface area contributed by atoms with Crippen LogP contribution in [0.3, 0.4) is 0 Å². The molecule has 0 atom stereocenters. The van der Waals surface area contributed by atoms with Gasteiger partial charge in [0.1, 0.15) is 17.2 Å². The number of fused-ring (bicyclic) bond motifs is 1. The third-order valence-corrected chi connectivity index (χ3v) is 6.25. The number of nitrogens with zero attached hydrogens (tertiary/aromatic N) is 3. The maximum atomic E-state index is 13.9. The lowest BCUT2D eigenvalue weighted by Crippen LogP contribution is -2.30. The Kier molecular flexibility index (Phi) is 6.18. The number of para-hydroxylation sites is 2. The van der Waals surface area contributed by atoms with Gasteiger partial charge in [-0.2, -0.15) is 0 Å². The van der Waals surface area contributed by atoms with E-state index in [0.717, 1.165) is 21.5 Å². The summed E-state index contributed by atoms with van der Waals surface area (Å²) in [6, 6.07) is 26.1. The number of ether oxygens (including phenoxy) is 2. The summed E-state index contributed by atoms with van der Waals surface area (Å²) in [7, 11) is 1.63. The van der Waals surface area contributed by atoms with Crippen molar-refractivity contribution in [1.82, 2.24) is 9.97 Å². The minimum absolute atomic E-state index is 0.207. The van der Waals surface area contributed by atoms with Crippen LogP contribution < -0.4 is 14.4 Å². The van der Waals surface area contributed by atoms with Crippen LogP contribution in [0, 0.1) is 0 Å². The Morgan fingerprint density at radius 3 is 2.56 bits per heavy atom. The Morgan fingerprint density at radius 2 is 1.76 bits per heavy atom. The first kappa shape index (κ1) is 21.6. The van der Waals surface area contributed by atoms with Crippen molar-refractivity contribution in [3.63, 3.8) is 0 Å². The van der Waals surface area contributed by atoms with Crippen molar-refractivity contribution >= 4 is 32.6 Å². The Morgan fingerprint density at radius 1 is 0.941 bits per heavy atom. The van der Waals surface area contributed by atoms with E-state index in [9.17, 15) is 4.79 Å². The van der Waals surface area contributed by atoms with Crippen LogP contribution in [0.1, 0.15) is 15.9 Å². The average molecular weight is 468 g/mol. The van der Waals surface area contributed by atoms with E-state index in [1.807, 2.05) is 72.8 Å². The number of pyridine rings is 1. The molecule has 0 N–H and O–H groups in total. The molecule has 0 unspecified atom stereocenters. The van der Waals surface area contributed by atoms with Crippen molar-refractivity contribution in [1.29, 1.82) is 0 Å². The fourth-order valence-electron chi connectivity index (χ4n) is 3.53. The average Bonchev–Trinajstić information content (AvgIpc) is 3.31. The lowest BCUT2D eigenvalue weighted by Gasteiger charge is -2.21. The van der Waals surface area contributed by atoms with E-state index in [4.69, 9.17) is 14.5 Å². The number of carbonyl (C=O) groups is 1. The van der Waals surface area contributed by atoms with E-state index in [-0.39, 0.29) is 5.91 Å². The molecule has 0 aliphatic rings. The molecule has 0 saturated carbocycles. The molecule has 2 heterocycles. The van der Waals surface area contributed by atoms with E-state index in [2.05, 4.69) is 4.98 Å². The maximum absolute atomic E-state index is 13.9. The van der Waals surface area contributed by atoms with Crippen molar-refractivity contribution in [3.8, 4) is 17.2 Å². The topological polar surface area (TPSA) is 64.5 Å². The van der Waals surface area contributed by atoms with Crippen LogP contribution in [0.25, 0.3) is 10.2 Å². The fraction of sp³-hybridized carbons (Fsp3) is 0.0741. The number of aromatic nitrogens is 2. The van der Waals surface area contributed by atoms with Crippen LogP contribution in [0.15, 0.2) is 97.3 Å². The molecule has 0 saturated heterocycles. The van der Waals surface area contributed by atoms with E-state index in [0.29, 0.717) is 28.7 Å². The number of hydrogen-bond donors (Lipinski definition) is 0. The monoisotopic (exact) mass is 467 g/mol. The SMILES string of the molecule is COc1ccc2nc(N(Cc3cccnc3)C(=O)c3ccccc3Oc3ccccc3)sc2c1. The first-order valence-corrected chi connectivity index (χ1v) is 11.5. The van der Waals surface area contributed by atoms with Crippen LogP contribution >= 0.6 is 11.3 Å². The zero-order valence-electron chi connectivity index (χ0n) is 18.4. The van der Waals surface area contributed by atoms with Gasteiger partial charge in [0.05, 0.1) is 29.4 Å². The number of carbonyl (C=O) groups excluding carboxylic acids is 1. The second-order valence-electron chi connectivity index (χ2n) is 7.49. The molecule has 168 valence electrons. The third-order valence-electron chi connectivity index (χ3n) is 5.21. The molecule has 1 amide bonds. The van der Waals surface area contributed by atoms with Crippen molar-refractivity contribution < 1.29 is 14.3 Å². The van der Waals surface area contributed by atoms with Gasteiger partial charge in [0.25, 0.3) is 5.91 Å². The standard InChI is InChI=1S/C27H21N3O3S/c1-32-21-13-14-23-25(16-21)34-27(29-23)30(18-19-8-7-15-28-17-19)26(31)22-11-5-6-12-24(22)33-20-9-3-2-4-10-20/h2-17H,18H2,1H3. The summed E-state index contributed by atoms with van der Waals surface area (Å²) < 4.78 is 12.4. The van der Waals surface area contributed by atoms with Crippen LogP contribution in [0.4, 0.5) is 5.13 Å². The maximum Gasteiger partial charge on any atom is 0.264 e. The quantitative estimate of drug-likeness (QED) is 0.279. The summed E-state index contributed by atoms with van der Waals surface area (Å²) in [6.45, 7) is 0.323. The van der Waals surface area contributed by atoms with Gasteiger partial charge >= 0.3 is 0 Å². The van der Waals surface area contributed by atoms with Gasteiger partial charge in [0.2, 0.25) is 0 Å². The van der Waals surface area contributed by atoms with Gasteiger partial charge < -0.3 is 9.47 Å². The van der Waals surface area contributed by atoms with Crippen LogP contribution in [-0.2, 0) is 6.54 Å². The predicted octanol–water partition coefficient (Wildman–Crippen LogP) is 6.34. The molecule has 5 rings (SSSR count). The Hall–Kier alpha value is -4.23. The highest BCUT2D eigenvalue weighted by Gasteiger charge is 2.25. The van der Waals surface area contributed by atoms with Crippen LogP contribution in [0.5, 0.6) is 17.2 Å². The van der Waals surface area contributed by atoms with Crippen molar-refractivity contribution in [2.45, 2.75) is 6.54 Å². The van der Waals surface area contributed by atoms with Crippen molar-refractivity contribution in [3.05, 3.63) is 108 Å². The lowest BCUT2D eigenvalue weighted by molar-refractivity contribution is 0.0983. The summed E-state index contributed by atoms with van der Waals surface area (Å²) in [5, 5.41) is 0.589. The molecule has 3 aromatic carbocycles. The van der Waals surface area contributed by atoms with E-state index < -0.39 is 0 Å². The highest BCUT2D eigenvalue weighted by Crippen LogP contribution is 2.34. The zero-order chi connectivity index (χ0) is 23.3. The molecule has 7 heteroatoms. The molecule has 0 aliphatic heterocycles. The van der Waals surface area contributed by atoms with E-state index in [1.165, 1.54) is 11.3 Å². The number of benzene rings is 3. The van der Waals surface area contributed by atoms with Crippen LogP contribution in [-0.4, -0.2) is 23.0 Å². The van der Waals surface area contributed by atoms with Gasteiger partial charge in [0.15, 0.2) is 5.13 Å². The molecule has 0 spiro atoms. The third kappa shape index (κ3) is 4.60. The number of amides is 1. The molecule has 34 heavy (non-hydrogen) atoms. The second kappa shape index (κ2) is 9.72. The summed E-state index contributed by atoms with van der Waals surface area (Å²) in [6.07, 6.45) is 3.46. The second-order valence-corrected chi connectivity index (χ2v) is 8.50. The molecule has 5 aromatic rings. The predicted molar refractivity (Wildman–Crippen MR) is 134 cm³/mol. The van der Waals surface area contributed by atoms with Gasteiger partial charge in [0, 0.05) is 12.4 Å². The van der Waals surface area contributed by atoms with E-state index >= 15 is 0 Å². The van der Waals surface area contributed by atoms with Gasteiger partial charge in [-0.3, -0.25) is 14.7 Å². The lowest BCUT2D eigenvalue weighted by atomic mass is 10.1. The van der Waals surface area contributed by atoms with Crippen molar-refractivity contribution in [2.75, 3.05) is 12.0 Å². The van der Waals surface area contributed by atoms with Crippen molar-refractivity contribution in [2.24, 2.45) is 0 Å². The first-order valence-electron chi connectivity index (χ1n) is 10.7. The zero-order valence-corrected chi connectivity index (χ0v) is 19.2. The van der Waals surface area contributed by atoms with Gasteiger partial charge in [-0.25, -0.2) is 4.98 Å². The van der Waals surface area contributed by atoms with Gasteiger partial charge in [-0.1, -0.05) is 47.7 Å². The summed E-state index contributed by atoms with van der Waals surface area (Å²) in [4.78, 5) is 24.6. The van der Waals surface area contributed by atoms with E-state index in [1.54, 1.807) is 36.5 Å². The fourth-order valence-corrected chi connectivity index (χ4v) is 4.52. The highest BCUT2D eigenvalue weighted by atomic mass is 32.1. The normalized spacial score (nSPS) is 10.7.